The monoisotopic (exact) mass is 430 g/mol. The van der Waals surface area contributed by atoms with Crippen molar-refractivity contribution in [3.63, 3.8) is 0 Å². The maximum Gasteiger partial charge on any atom is 0.306 e. The summed E-state index contributed by atoms with van der Waals surface area (Å²) in [7, 11) is 2.09. The summed E-state index contributed by atoms with van der Waals surface area (Å²) in [5, 5.41) is 0. The summed E-state index contributed by atoms with van der Waals surface area (Å²) in [6, 6.07) is 11.3. The van der Waals surface area contributed by atoms with Gasteiger partial charge in [-0.25, -0.2) is 8.78 Å². The van der Waals surface area contributed by atoms with Gasteiger partial charge in [-0.1, -0.05) is 24.3 Å². The van der Waals surface area contributed by atoms with E-state index in [1.165, 1.54) is 12.1 Å². The van der Waals surface area contributed by atoms with Gasteiger partial charge in [-0.3, -0.25) is 4.79 Å². The highest BCUT2D eigenvalue weighted by Crippen LogP contribution is 2.28. The fourth-order valence-electron chi connectivity index (χ4n) is 4.24. The van der Waals surface area contributed by atoms with Crippen molar-refractivity contribution in [2.45, 2.75) is 38.0 Å². The number of benzene rings is 2. The van der Waals surface area contributed by atoms with Crippen LogP contribution in [-0.2, 0) is 22.4 Å². The number of likely N-dealkylation sites (tertiary alicyclic amines) is 1. The number of hydrogen-bond acceptors (Lipinski definition) is 4. The first-order valence-electron chi connectivity index (χ1n) is 11.0. The van der Waals surface area contributed by atoms with Gasteiger partial charge in [0, 0.05) is 6.07 Å². The molecule has 6 heteroatoms. The molecule has 0 amide bonds. The fourth-order valence-corrected chi connectivity index (χ4v) is 4.24. The Balaban J connectivity index is 1.72. The third kappa shape index (κ3) is 7.11. The van der Waals surface area contributed by atoms with Crippen LogP contribution >= 0.6 is 0 Å². The van der Waals surface area contributed by atoms with Gasteiger partial charge in [-0.2, -0.15) is 0 Å². The Bertz CT molecular complexity index is 846. The van der Waals surface area contributed by atoms with Crippen molar-refractivity contribution in [1.29, 1.82) is 0 Å². The van der Waals surface area contributed by atoms with Crippen molar-refractivity contribution in [2.24, 2.45) is 11.7 Å². The molecule has 0 aromatic heterocycles. The Morgan fingerprint density at radius 2 is 1.77 bits per heavy atom. The topological polar surface area (TPSA) is 55.6 Å². The van der Waals surface area contributed by atoms with Crippen LogP contribution in [0.2, 0.25) is 0 Å². The number of rotatable bonds is 9. The molecule has 3 rings (SSSR count). The van der Waals surface area contributed by atoms with E-state index in [-0.39, 0.29) is 18.3 Å². The minimum absolute atomic E-state index is 0.0759. The van der Waals surface area contributed by atoms with Gasteiger partial charge in [0.15, 0.2) is 0 Å². The number of esters is 1. The fraction of sp³-hybridized carbons (Fsp3) is 0.480. The van der Waals surface area contributed by atoms with Crippen LogP contribution < -0.4 is 5.73 Å². The number of carbonyl (C=O) groups excluding carboxylic acids is 1. The molecule has 1 fully saturated rings. The molecule has 1 saturated heterocycles. The van der Waals surface area contributed by atoms with E-state index in [1.54, 1.807) is 0 Å². The number of hydrogen-bond donors (Lipinski definition) is 1. The van der Waals surface area contributed by atoms with E-state index in [0.29, 0.717) is 37.5 Å². The molecular weight excluding hydrogens is 398 g/mol. The Labute approximate surface area is 183 Å². The Morgan fingerprint density at radius 1 is 1.13 bits per heavy atom. The summed E-state index contributed by atoms with van der Waals surface area (Å²) in [6.07, 6.45) is 3.29. The van der Waals surface area contributed by atoms with Crippen LogP contribution in [0.3, 0.4) is 0 Å². The molecule has 0 saturated carbocycles. The van der Waals surface area contributed by atoms with Crippen LogP contribution in [0.5, 0.6) is 0 Å². The first kappa shape index (κ1) is 23.4. The third-order valence-corrected chi connectivity index (χ3v) is 6.09. The lowest BCUT2D eigenvalue weighted by Crippen LogP contribution is -2.32. The molecule has 4 nitrogen and oxygen atoms in total. The summed E-state index contributed by atoms with van der Waals surface area (Å²) in [5.41, 5.74) is 8.33. The van der Waals surface area contributed by atoms with Crippen molar-refractivity contribution < 1.29 is 18.3 Å². The normalized spacial score (nSPS) is 16.3. The first-order chi connectivity index (χ1) is 14.9. The number of carbonyl (C=O) groups is 1. The van der Waals surface area contributed by atoms with Crippen LogP contribution in [0, 0.1) is 17.6 Å². The highest BCUT2D eigenvalue weighted by molar-refractivity contribution is 5.70. The quantitative estimate of drug-likeness (QED) is 0.610. The van der Waals surface area contributed by atoms with Crippen LogP contribution in [0.4, 0.5) is 8.78 Å². The largest absolute Gasteiger partial charge is 0.465 e. The predicted octanol–water partition coefficient (Wildman–Crippen LogP) is 4.07. The van der Waals surface area contributed by atoms with Crippen LogP contribution in [0.25, 0.3) is 0 Å². The molecule has 1 heterocycles. The van der Waals surface area contributed by atoms with E-state index >= 15 is 0 Å². The second-order valence-electron chi connectivity index (χ2n) is 8.55. The van der Waals surface area contributed by atoms with Crippen molar-refractivity contribution in [3.8, 4) is 0 Å². The Hall–Kier alpha value is -2.31. The van der Waals surface area contributed by atoms with Gasteiger partial charge >= 0.3 is 5.97 Å². The SMILES string of the molecule is CN1CCC(COC(=O)CC(Cc2ccccc2CCN)c2cc(F)cc(F)c2)CC1. The van der Waals surface area contributed by atoms with E-state index < -0.39 is 11.6 Å². The van der Waals surface area contributed by atoms with Crippen LogP contribution in [-0.4, -0.2) is 44.2 Å². The molecule has 2 N–H and O–H groups in total. The molecule has 0 bridgehead atoms. The lowest BCUT2D eigenvalue weighted by molar-refractivity contribution is -0.146. The van der Waals surface area contributed by atoms with E-state index in [9.17, 15) is 13.6 Å². The molecular formula is C25H32F2N2O2. The highest BCUT2D eigenvalue weighted by Gasteiger charge is 2.23. The lowest BCUT2D eigenvalue weighted by atomic mass is 9.87. The van der Waals surface area contributed by atoms with Crippen LogP contribution in [0.15, 0.2) is 42.5 Å². The molecule has 1 atom stereocenters. The van der Waals surface area contributed by atoms with Gasteiger partial charge in [-0.15, -0.1) is 0 Å². The van der Waals surface area contributed by atoms with Crippen molar-refractivity contribution in [2.75, 3.05) is 33.3 Å². The van der Waals surface area contributed by atoms with Crippen LogP contribution in [0.1, 0.15) is 41.9 Å². The summed E-state index contributed by atoms with van der Waals surface area (Å²) in [6.45, 7) is 2.92. The Morgan fingerprint density at radius 3 is 2.42 bits per heavy atom. The molecule has 0 radical (unpaired) electrons. The van der Waals surface area contributed by atoms with E-state index in [1.807, 2.05) is 24.3 Å². The minimum atomic E-state index is -0.644. The molecule has 1 unspecified atom stereocenters. The molecule has 168 valence electrons. The molecule has 2 aromatic rings. The van der Waals surface area contributed by atoms with E-state index in [4.69, 9.17) is 10.5 Å². The highest BCUT2D eigenvalue weighted by atomic mass is 19.1. The van der Waals surface area contributed by atoms with Gasteiger partial charge < -0.3 is 15.4 Å². The van der Waals surface area contributed by atoms with Gasteiger partial charge in [0.1, 0.15) is 11.6 Å². The van der Waals surface area contributed by atoms with Gasteiger partial charge in [0.25, 0.3) is 0 Å². The molecule has 0 aliphatic carbocycles. The number of piperidine rings is 1. The van der Waals surface area contributed by atoms with Gasteiger partial charge in [0.05, 0.1) is 13.0 Å². The maximum atomic E-state index is 13.9. The van der Waals surface area contributed by atoms with E-state index in [0.717, 1.165) is 43.1 Å². The van der Waals surface area contributed by atoms with Gasteiger partial charge in [-0.05, 0) is 93.0 Å². The molecule has 1 aliphatic rings. The zero-order valence-electron chi connectivity index (χ0n) is 18.2. The maximum absolute atomic E-state index is 13.9. The standard InChI is InChI=1S/C25H32F2N2O2/c1-29-10-7-18(8-11-29)17-31-25(30)15-21(22-13-23(26)16-24(27)14-22)12-20-5-3-2-4-19(20)6-9-28/h2-5,13-14,16,18,21H,6-12,15,17,28H2,1H3. The van der Waals surface area contributed by atoms with E-state index in [2.05, 4.69) is 11.9 Å². The summed E-state index contributed by atoms with van der Waals surface area (Å²) in [4.78, 5) is 14.9. The summed E-state index contributed by atoms with van der Waals surface area (Å²) in [5.74, 6) is -1.63. The summed E-state index contributed by atoms with van der Waals surface area (Å²) < 4.78 is 33.4. The average Bonchev–Trinajstić information content (AvgIpc) is 2.74. The average molecular weight is 431 g/mol. The molecule has 0 spiro atoms. The third-order valence-electron chi connectivity index (χ3n) is 6.09. The van der Waals surface area contributed by atoms with Crippen molar-refractivity contribution in [3.05, 3.63) is 70.8 Å². The first-order valence-corrected chi connectivity index (χ1v) is 11.0. The Kier molecular flexibility index (Phi) is 8.55. The summed E-state index contributed by atoms with van der Waals surface area (Å²) >= 11 is 0. The minimum Gasteiger partial charge on any atom is -0.465 e. The second-order valence-corrected chi connectivity index (χ2v) is 8.55. The number of nitrogens with two attached hydrogens (primary N) is 1. The molecule has 31 heavy (non-hydrogen) atoms. The predicted molar refractivity (Wildman–Crippen MR) is 118 cm³/mol. The molecule has 2 aromatic carbocycles. The zero-order valence-corrected chi connectivity index (χ0v) is 18.2. The van der Waals surface area contributed by atoms with Crippen molar-refractivity contribution in [1.82, 2.24) is 4.90 Å². The number of ether oxygens (including phenoxy) is 1. The number of halogens is 2. The second kappa shape index (κ2) is 11.3. The van der Waals surface area contributed by atoms with Gasteiger partial charge in [0.2, 0.25) is 0 Å². The number of nitrogens with zero attached hydrogens (tertiary/aromatic N) is 1. The molecule has 1 aliphatic heterocycles. The zero-order chi connectivity index (χ0) is 22.2. The smallest absolute Gasteiger partial charge is 0.306 e. The van der Waals surface area contributed by atoms with Crippen molar-refractivity contribution >= 4 is 5.97 Å². The lowest BCUT2D eigenvalue weighted by Gasteiger charge is -2.28.